The number of ether oxygens (including phenoxy) is 1. The zero-order valence-corrected chi connectivity index (χ0v) is 17.1. The molecule has 0 amide bonds. The van der Waals surface area contributed by atoms with Gasteiger partial charge in [-0.3, -0.25) is 0 Å². The van der Waals surface area contributed by atoms with Crippen LogP contribution in [0.5, 0.6) is 0 Å². The fourth-order valence-corrected chi connectivity index (χ4v) is 3.90. The van der Waals surface area contributed by atoms with Crippen molar-refractivity contribution in [2.45, 2.75) is 61.8 Å². The molecule has 0 aromatic carbocycles. The first-order valence-electron chi connectivity index (χ1n) is 9.80. The van der Waals surface area contributed by atoms with E-state index >= 15 is 0 Å². The minimum atomic E-state index is -1.32. The van der Waals surface area contributed by atoms with Crippen LogP contribution in [-0.2, 0) is 4.74 Å². The van der Waals surface area contributed by atoms with Crippen molar-refractivity contribution in [3.63, 3.8) is 0 Å². The topological polar surface area (TPSA) is 156 Å². The smallest absolute Gasteiger partial charge is 0.191 e. The number of hydrogen-bond donors (Lipinski definition) is 6. The summed E-state index contributed by atoms with van der Waals surface area (Å²) in [6.45, 7) is 3.36. The third kappa shape index (κ3) is 5.43. The summed E-state index contributed by atoms with van der Waals surface area (Å²) in [4.78, 5) is 8.96. The molecule has 2 heterocycles. The van der Waals surface area contributed by atoms with E-state index in [0.717, 1.165) is 31.6 Å². The van der Waals surface area contributed by atoms with Crippen molar-refractivity contribution >= 4 is 29.1 Å². The van der Waals surface area contributed by atoms with Gasteiger partial charge in [0.15, 0.2) is 22.5 Å². The molecule has 0 unspecified atom stereocenters. The molecule has 29 heavy (non-hydrogen) atoms. The van der Waals surface area contributed by atoms with Gasteiger partial charge in [-0.25, -0.2) is 15.5 Å². The number of hydrogen-bond acceptors (Lipinski definition) is 11. The van der Waals surface area contributed by atoms with E-state index in [0.29, 0.717) is 17.5 Å². The highest BCUT2D eigenvalue weighted by Crippen LogP contribution is 2.34. The largest absolute Gasteiger partial charge is 0.388 e. The monoisotopic (exact) mass is 424 g/mol. The Bertz CT molecular complexity index is 731. The van der Waals surface area contributed by atoms with Crippen LogP contribution in [0.1, 0.15) is 26.2 Å². The average molecular weight is 425 g/mol. The van der Waals surface area contributed by atoms with Crippen LogP contribution in [0.4, 0.5) is 17.3 Å². The molecule has 0 spiro atoms. The molecule has 11 heteroatoms. The Morgan fingerprint density at radius 3 is 2.72 bits per heavy atom. The van der Waals surface area contributed by atoms with Gasteiger partial charge >= 0.3 is 0 Å². The molecule has 1 aliphatic carbocycles. The van der Waals surface area contributed by atoms with Gasteiger partial charge in [0.1, 0.15) is 18.3 Å². The zero-order chi connectivity index (χ0) is 20.8. The van der Waals surface area contributed by atoms with Crippen molar-refractivity contribution in [3.05, 3.63) is 12.2 Å². The van der Waals surface area contributed by atoms with Gasteiger partial charge in [0, 0.05) is 18.9 Å². The molecule has 0 saturated carbocycles. The number of aliphatic hydroxyl groups is 3. The van der Waals surface area contributed by atoms with Crippen LogP contribution in [0.3, 0.4) is 0 Å². The van der Waals surface area contributed by atoms with E-state index < -0.39 is 24.4 Å². The number of nitrogens with zero attached hydrogens (tertiary/aromatic N) is 3. The third-order valence-electron chi connectivity index (χ3n) is 4.82. The van der Waals surface area contributed by atoms with E-state index in [1.165, 1.54) is 17.8 Å². The van der Waals surface area contributed by atoms with Crippen molar-refractivity contribution in [2.24, 2.45) is 5.11 Å². The summed E-state index contributed by atoms with van der Waals surface area (Å²) >= 11 is 1.48. The van der Waals surface area contributed by atoms with Crippen LogP contribution in [0, 0.1) is 5.53 Å². The van der Waals surface area contributed by atoms with Crippen LogP contribution in [0.15, 0.2) is 22.4 Å². The first kappa shape index (κ1) is 21.9. The first-order chi connectivity index (χ1) is 14.0. The number of anilines is 2. The van der Waals surface area contributed by atoms with E-state index in [9.17, 15) is 15.3 Å². The molecule has 1 aromatic rings. The molecule has 1 aliphatic heterocycles. The quantitative estimate of drug-likeness (QED) is 0.150. The van der Waals surface area contributed by atoms with Crippen molar-refractivity contribution in [3.8, 4) is 0 Å². The molecular formula is C18H28N6O4S. The zero-order valence-electron chi connectivity index (χ0n) is 16.3. The second-order valence-corrected chi connectivity index (χ2v) is 8.12. The minimum absolute atomic E-state index is 0.0893. The lowest BCUT2D eigenvalue weighted by Gasteiger charge is -2.31. The molecule has 2 aliphatic rings. The van der Waals surface area contributed by atoms with Gasteiger partial charge < -0.3 is 30.7 Å². The fourth-order valence-electron chi connectivity index (χ4n) is 3.20. The number of thioether (sulfide) groups is 1. The first-order valence-corrected chi connectivity index (χ1v) is 10.8. The highest BCUT2D eigenvalue weighted by atomic mass is 32.2. The number of rotatable bonds is 9. The lowest BCUT2D eigenvalue weighted by atomic mass is 9.94. The Kier molecular flexibility index (Phi) is 7.78. The second-order valence-electron chi connectivity index (χ2n) is 7.05. The van der Waals surface area contributed by atoms with E-state index in [1.807, 2.05) is 0 Å². The van der Waals surface area contributed by atoms with Crippen LogP contribution in [0.2, 0.25) is 0 Å². The van der Waals surface area contributed by atoms with Crippen LogP contribution < -0.4 is 10.6 Å². The van der Waals surface area contributed by atoms with Crippen LogP contribution in [0.25, 0.3) is 0 Å². The summed E-state index contributed by atoms with van der Waals surface area (Å²) in [5.74, 6) is 1.53. The highest BCUT2D eigenvalue weighted by molar-refractivity contribution is 7.99. The molecule has 10 nitrogen and oxygen atoms in total. The SMILES string of the molecule is CCCSc1nc(NC[C@H]2CCCO2)c(N=N)c(N[C@@H]2C=C[C@H](O)[C@@H](O)[C@H]2O)n1. The molecule has 1 fully saturated rings. The Morgan fingerprint density at radius 1 is 1.24 bits per heavy atom. The summed E-state index contributed by atoms with van der Waals surface area (Å²) in [5.41, 5.74) is 7.83. The molecule has 5 atom stereocenters. The van der Waals surface area contributed by atoms with Gasteiger partial charge in [0.2, 0.25) is 0 Å². The average Bonchev–Trinajstić information content (AvgIpc) is 3.24. The van der Waals surface area contributed by atoms with Gasteiger partial charge in [0.25, 0.3) is 0 Å². The Morgan fingerprint density at radius 2 is 2.03 bits per heavy atom. The summed E-state index contributed by atoms with van der Waals surface area (Å²) < 4.78 is 5.63. The van der Waals surface area contributed by atoms with Crippen LogP contribution >= 0.6 is 11.8 Å². The summed E-state index contributed by atoms with van der Waals surface area (Å²) in [7, 11) is 0. The van der Waals surface area contributed by atoms with E-state index in [1.54, 1.807) is 6.08 Å². The van der Waals surface area contributed by atoms with Crippen molar-refractivity contribution in [2.75, 3.05) is 29.5 Å². The third-order valence-corrected chi connectivity index (χ3v) is 5.87. The maximum absolute atomic E-state index is 10.3. The lowest BCUT2D eigenvalue weighted by Crippen LogP contribution is -2.49. The van der Waals surface area contributed by atoms with Gasteiger partial charge in [-0.05, 0) is 19.3 Å². The molecule has 3 rings (SSSR count). The Balaban J connectivity index is 1.85. The fraction of sp³-hybridized carbons (Fsp3) is 0.667. The van der Waals surface area contributed by atoms with Crippen molar-refractivity contribution in [1.29, 1.82) is 5.53 Å². The molecule has 0 bridgehead atoms. The van der Waals surface area contributed by atoms with E-state index in [-0.39, 0.29) is 17.6 Å². The van der Waals surface area contributed by atoms with Gasteiger partial charge in [-0.2, -0.15) is 5.11 Å². The van der Waals surface area contributed by atoms with E-state index in [4.69, 9.17) is 10.3 Å². The lowest BCUT2D eigenvalue weighted by molar-refractivity contribution is -0.0493. The summed E-state index contributed by atoms with van der Waals surface area (Å²) in [6.07, 6.45) is 2.32. The maximum Gasteiger partial charge on any atom is 0.191 e. The summed E-state index contributed by atoms with van der Waals surface area (Å²) in [6, 6.07) is -0.696. The molecular weight excluding hydrogens is 396 g/mol. The Labute approximate surface area is 173 Å². The van der Waals surface area contributed by atoms with Gasteiger partial charge in [-0.15, -0.1) is 0 Å². The highest BCUT2D eigenvalue weighted by Gasteiger charge is 2.33. The Hall–Kier alpha value is -1.79. The second kappa shape index (κ2) is 10.3. The predicted octanol–water partition coefficient (Wildman–Crippen LogP) is 1.67. The number of aromatic nitrogens is 2. The standard InChI is InChI=1S/C18H28N6O4S/c1-2-8-29-18-22-16(20-9-10-4-3-7-28-10)13(24-19)17(23-18)21-11-5-6-12(25)15(27)14(11)26/h5-6,10-12,14-15,19,25-27H,2-4,7-9H2,1H3,(H2,20,21,22,23)/t10-,11-,12+,14+,15-/m1/s1. The van der Waals surface area contributed by atoms with E-state index in [2.05, 4.69) is 32.6 Å². The van der Waals surface area contributed by atoms with Crippen LogP contribution in [-0.4, -0.2) is 74.6 Å². The molecule has 6 N–H and O–H groups in total. The molecule has 1 saturated heterocycles. The summed E-state index contributed by atoms with van der Waals surface area (Å²) in [5, 5.41) is 40.2. The van der Waals surface area contributed by atoms with Gasteiger partial charge in [0.05, 0.1) is 12.1 Å². The molecule has 160 valence electrons. The van der Waals surface area contributed by atoms with Crippen molar-refractivity contribution < 1.29 is 20.1 Å². The van der Waals surface area contributed by atoms with Crippen molar-refractivity contribution in [1.82, 2.24) is 9.97 Å². The molecule has 1 aromatic heterocycles. The number of nitrogens with one attached hydrogen (secondary N) is 3. The number of aliphatic hydroxyl groups excluding tert-OH is 3. The molecule has 0 radical (unpaired) electrons. The normalized spacial score (nSPS) is 29.0. The predicted molar refractivity (Wildman–Crippen MR) is 110 cm³/mol. The van der Waals surface area contributed by atoms with Gasteiger partial charge in [-0.1, -0.05) is 30.8 Å². The minimum Gasteiger partial charge on any atom is -0.388 e. The maximum atomic E-state index is 10.3.